The monoisotopic (exact) mass is 400 g/mol. The van der Waals surface area contributed by atoms with Gasteiger partial charge in [-0.3, -0.25) is 9.59 Å². The Balaban J connectivity index is 1.70. The largest absolute Gasteiger partial charge is 0.462 e. The molecule has 0 saturated heterocycles. The first-order chi connectivity index (χ1) is 13.4. The Morgan fingerprint density at radius 3 is 2.28 bits per heavy atom. The SMILES string of the molecule is C=C1CC[C@]2(C)[C@H](CC[C@@H]3[C@@]4(C)CC[C@H](OC(C)=O)C(C)(C)[C@@H]4CC[C@]32C)C1=O. The maximum absolute atomic E-state index is 13.0. The van der Waals surface area contributed by atoms with E-state index >= 15 is 0 Å². The van der Waals surface area contributed by atoms with Gasteiger partial charge in [-0.25, -0.2) is 0 Å². The Hall–Kier alpha value is -1.12. The van der Waals surface area contributed by atoms with E-state index in [0.29, 0.717) is 17.6 Å². The molecule has 4 fully saturated rings. The van der Waals surface area contributed by atoms with Crippen LogP contribution < -0.4 is 0 Å². The molecular weight excluding hydrogens is 360 g/mol. The van der Waals surface area contributed by atoms with Gasteiger partial charge >= 0.3 is 5.97 Å². The first kappa shape index (κ1) is 21.1. The van der Waals surface area contributed by atoms with Crippen LogP contribution in [0.1, 0.15) is 92.9 Å². The lowest BCUT2D eigenvalue weighted by molar-refractivity contribution is -0.230. The van der Waals surface area contributed by atoms with Gasteiger partial charge in [0.15, 0.2) is 5.78 Å². The van der Waals surface area contributed by atoms with Crippen LogP contribution in [0.15, 0.2) is 12.2 Å². The molecule has 29 heavy (non-hydrogen) atoms. The zero-order chi connectivity index (χ0) is 21.4. The predicted octanol–water partition coefficient (Wildman–Crippen LogP) is 6.11. The van der Waals surface area contributed by atoms with E-state index in [4.69, 9.17) is 4.74 Å². The summed E-state index contributed by atoms with van der Waals surface area (Å²) in [6.45, 7) is 17.7. The molecule has 0 spiro atoms. The Bertz CT molecular complexity index is 751. The van der Waals surface area contributed by atoms with Gasteiger partial charge in [0.25, 0.3) is 0 Å². The molecule has 3 nitrogen and oxygen atoms in total. The van der Waals surface area contributed by atoms with Gasteiger partial charge in [0.2, 0.25) is 0 Å². The average molecular weight is 401 g/mol. The number of hydrogen-bond acceptors (Lipinski definition) is 3. The molecule has 162 valence electrons. The van der Waals surface area contributed by atoms with Gasteiger partial charge < -0.3 is 4.74 Å². The fourth-order valence-corrected chi connectivity index (χ4v) is 8.98. The van der Waals surface area contributed by atoms with Crippen molar-refractivity contribution in [3.8, 4) is 0 Å². The number of allylic oxidation sites excluding steroid dienone is 1. The second-order valence-electron chi connectivity index (χ2n) is 12.0. The average Bonchev–Trinajstić information content (AvgIpc) is 2.62. The first-order valence-electron chi connectivity index (χ1n) is 11.8. The Morgan fingerprint density at radius 2 is 1.62 bits per heavy atom. The summed E-state index contributed by atoms with van der Waals surface area (Å²) in [6, 6.07) is 0. The summed E-state index contributed by atoms with van der Waals surface area (Å²) in [4.78, 5) is 24.8. The normalized spacial score (nSPS) is 48.9. The highest BCUT2D eigenvalue weighted by Crippen LogP contribution is 2.73. The minimum atomic E-state index is -0.152. The van der Waals surface area contributed by atoms with E-state index in [0.717, 1.165) is 44.1 Å². The van der Waals surface area contributed by atoms with Crippen molar-refractivity contribution >= 4 is 11.8 Å². The number of Topliss-reactive ketones (excluding diaryl/α,β-unsaturated/α-hetero) is 1. The van der Waals surface area contributed by atoms with E-state index in [1.54, 1.807) is 0 Å². The molecule has 0 bridgehead atoms. The third-order valence-corrected chi connectivity index (χ3v) is 10.7. The Kier molecular flexibility index (Phi) is 4.69. The molecule has 3 heteroatoms. The number of carbonyl (C=O) groups excluding carboxylic acids is 2. The number of fused-ring (bicyclic) bond motifs is 5. The van der Waals surface area contributed by atoms with Crippen molar-refractivity contribution < 1.29 is 14.3 Å². The number of ketones is 1. The molecule has 7 atom stereocenters. The third-order valence-electron chi connectivity index (χ3n) is 10.7. The summed E-state index contributed by atoms with van der Waals surface area (Å²) in [5.41, 5.74) is 1.38. The van der Waals surface area contributed by atoms with E-state index in [9.17, 15) is 9.59 Å². The van der Waals surface area contributed by atoms with E-state index in [2.05, 4.69) is 41.2 Å². The smallest absolute Gasteiger partial charge is 0.302 e. The van der Waals surface area contributed by atoms with E-state index in [1.165, 1.54) is 19.8 Å². The molecule has 4 aliphatic carbocycles. The van der Waals surface area contributed by atoms with E-state index in [-0.39, 0.29) is 39.7 Å². The number of hydrogen-bond donors (Lipinski definition) is 0. The van der Waals surface area contributed by atoms with Crippen LogP contribution in [0.5, 0.6) is 0 Å². The van der Waals surface area contributed by atoms with Gasteiger partial charge in [0.1, 0.15) is 6.10 Å². The summed E-state index contributed by atoms with van der Waals surface area (Å²) in [6.07, 6.45) is 8.61. The molecule has 4 aliphatic rings. The molecule has 4 saturated carbocycles. The highest BCUT2D eigenvalue weighted by atomic mass is 16.5. The number of esters is 1. The number of ether oxygens (including phenoxy) is 1. The van der Waals surface area contributed by atoms with Crippen molar-refractivity contribution in [1.29, 1.82) is 0 Å². The van der Waals surface area contributed by atoms with Gasteiger partial charge in [-0.05, 0) is 85.0 Å². The highest BCUT2D eigenvalue weighted by molar-refractivity contribution is 5.98. The molecule has 0 amide bonds. The topological polar surface area (TPSA) is 43.4 Å². The van der Waals surface area contributed by atoms with Crippen LogP contribution >= 0.6 is 0 Å². The summed E-state index contributed by atoms with van der Waals surface area (Å²) in [5, 5.41) is 0. The highest BCUT2D eigenvalue weighted by Gasteiger charge is 2.68. The molecule has 0 aromatic rings. The van der Waals surface area contributed by atoms with Crippen LogP contribution in [0.4, 0.5) is 0 Å². The summed E-state index contributed by atoms with van der Waals surface area (Å²) in [5.74, 6) is 1.55. The van der Waals surface area contributed by atoms with Crippen molar-refractivity contribution in [2.24, 2.45) is 39.4 Å². The fourth-order valence-electron chi connectivity index (χ4n) is 8.98. The van der Waals surface area contributed by atoms with Crippen molar-refractivity contribution in [3.63, 3.8) is 0 Å². The van der Waals surface area contributed by atoms with Crippen LogP contribution in [0.3, 0.4) is 0 Å². The van der Waals surface area contributed by atoms with Crippen LogP contribution in [0.2, 0.25) is 0 Å². The Labute approximate surface area is 177 Å². The fraction of sp³-hybridized carbons (Fsp3) is 0.846. The summed E-state index contributed by atoms with van der Waals surface area (Å²) < 4.78 is 5.80. The van der Waals surface area contributed by atoms with Gasteiger partial charge in [-0.2, -0.15) is 0 Å². The molecule has 0 N–H and O–H groups in total. The lowest BCUT2D eigenvalue weighted by Crippen LogP contribution is -2.65. The quantitative estimate of drug-likeness (QED) is 0.394. The molecule has 0 aromatic heterocycles. The molecule has 0 unspecified atom stereocenters. The maximum Gasteiger partial charge on any atom is 0.302 e. The first-order valence-corrected chi connectivity index (χ1v) is 11.8. The third kappa shape index (κ3) is 2.67. The van der Waals surface area contributed by atoms with Crippen molar-refractivity contribution in [2.75, 3.05) is 0 Å². The standard InChI is InChI=1S/C26H40O3/c1-16-10-14-25(6)18(22(16)28)8-9-20-24(5)13-12-21(29-17(2)27)23(3,4)19(24)11-15-26(20,25)7/h18-21H,1,8-15H2,2-7H3/t18-,19+,20-,21+,24+,25-,26-/m1/s1. The summed E-state index contributed by atoms with van der Waals surface area (Å²) >= 11 is 0. The summed E-state index contributed by atoms with van der Waals surface area (Å²) in [7, 11) is 0. The zero-order valence-electron chi connectivity index (χ0n) is 19.4. The second kappa shape index (κ2) is 6.44. The van der Waals surface area contributed by atoms with Crippen LogP contribution in [-0.4, -0.2) is 17.9 Å². The lowest BCUT2D eigenvalue weighted by Gasteiger charge is -2.70. The minimum Gasteiger partial charge on any atom is -0.462 e. The van der Waals surface area contributed by atoms with E-state index in [1.807, 2.05) is 0 Å². The van der Waals surface area contributed by atoms with Crippen molar-refractivity contribution in [3.05, 3.63) is 12.2 Å². The Morgan fingerprint density at radius 1 is 0.931 bits per heavy atom. The van der Waals surface area contributed by atoms with Gasteiger partial charge in [0.05, 0.1) is 0 Å². The molecule has 4 rings (SSSR count). The second-order valence-corrected chi connectivity index (χ2v) is 12.0. The van der Waals surface area contributed by atoms with Crippen LogP contribution in [0.25, 0.3) is 0 Å². The lowest BCUT2D eigenvalue weighted by atomic mass is 9.34. The van der Waals surface area contributed by atoms with Crippen LogP contribution in [0, 0.1) is 39.4 Å². The molecular formula is C26H40O3. The predicted molar refractivity (Wildman–Crippen MR) is 115 cm³/mol. The van der Waals surface area contributed by atoms with Gasteiger partial charge in [0, 0.05) is 18.3 Å². The zero-order valence-corrected chi connectivity index (χ0v) is 19.4. The molecule has 0 aliphatic heterocycles. The van der Waals surface area contributed by atoms with Gasteiger partial charge in [-0.1, -0.05) is 41.2 Å². The molecule has 0 radical (unpaired) electrons. The van der Waals surface area contributed by atoms with Gasteiger partial charge in [-0.15, -0.1) is 0 Å². The van der Waals surface area contributed by atoms with Crippen LogP contribution in [-0.2, 0) is 14.3 Å². The number of rotatable bonds is 1. The van der Waals surface area contributed by atoms with Crippen molar-refractivity contribution in [2.45, 2.75) is 99.0 Å². The maximum atomic E-state index is 13.0. The number of carbonyl (C=O) groups is 2. The molecule has 0 heterocycles. The molecule has 0 aromatic carbocycles. The minimum absolute atomic E-state index is 0.00553. The van der Waals surface area contributed by atoms with Crippen molar-refractivity contribution in [1.82, 2.24) is 0 Å². The van der Waals surface area contributed by atoms with E-state index < -0.39 is 0 Å².